The molecule has 1 amide bonds. The first-order valence-corrected chi connectivity index (χ1v) is 9.83. The summed E-state index contributed by atoms with van der Waals surface area (Å²) in [5.41, 5.74) is 0.811. The molecule has 128 valence electrons. The Labute approximate surface area is 138 Å². The van der Waals surface area contributed by atoms with Gasteiger partial charge in [0, 0.05) is 31.7 Å². The Balaban J connectivity index is 1.71. The van der Waals surface area contributed by atoms with Crippen LogP contribution in [-0.2, 0) is 14.8 Å². The van der Waals surface area contributed by atoms with E-state index in [1.165, 1.54) is 6.26 Å². The van der Waals surface area contributed by atoms with Crippen LogP contribution in [0.5, 0.6) is 0 Å². The fourth-order valence-electron chi connectivity index (χ4n) is 2.79. The lowest BCUT2D eigenvalue weighted by molar-refractivity contribution is -0.116. The number of rotatable bonds is 7. The highest BCUT2D eigenvalue weighted by molar-refractivity contribution is 7.88. The quantitative estimate of drug-likeness (QED) is 0.784. The number of carbonyl (C=O) groups excluding carboxylic acids is 1. The summed E-state index contributed by atoms with van der Waals surface area (Å²) in [4.78, 5) is 14.2. The number of nitrogens with zero attached hydrogens (tertiary/aromatic N) is 1. The van der Waals surface area contributed by atoms with Crippen LogP contribution in [0.2, 0.25) is 0 Å². The van der Waals surface area contributed by atoms with E-state index in [0.29, 0.717) is 25.4 Å². The number of nitrogens with one attached hydrogen (secondary N) is 2. The van der Waals surface area contributed by atoms with Crippen molar-refractivity contribution in [1.82, 2.24) is 9.62 Å². The normalized spacial score (nSPS) is 19.4. The maximum Gasteiger partial charge on any atom is 0.225 e. The Kier molecular flexibility index (Phi) is 6.56. The van der Waals surface area contributed by atoms with Crippen molar-refractivity contribution in [1.29, 1.82) is 0 Å². The molecule has 0 saturated carbocycles. The van der Waals surface area contributed by atoms with Gasteiger partial charge in [-0.2, -0.15) is 0 Å². The maximum absolute atomic E-state index is 12.0. The highest BCUT2D eigenvalue weighted by atomic mass is 32.2. The average molecular weight is 339 g/mol. The van der Waals surface area contributed by atoms with Gasteiger partial charge >= 0.3 is 0 Å². The molecule has 0 spiro atoms. The van der Waals surface area contributed by atoms with E-state index in [2.05, 4.69) is 14.9 Å². The second kappa shape index (κ2) is 8.42. The van der Waals surface area contributed by atoms with E-state index in [0.717, 1.165) is 31.6 Å². The zero-order valence-electron chi connectivity index (χ0n) is 13.5. The molecule has 1 atom stereocenters. The Morgan fingerprint density at radius 3 is 2.74 bits per heavy atom. The van der Waals surface area contributed by atoms with Gasteiger partial charge in [-0.25, -0.2) is 13.1 Å². The molecule has 0 radical (unpaired) electrons. The minimum absolute atomic E-state index is 0.00702. The van der Waals surface area contributed by atoms with E-state index < -0.39 is 10.0 Å². The minimum Gasteiger partial charge on any atom is -0.326 e. The molecule has 1 saturated heterocycles. The van der Waals surface area contributed by atoms with E-state index in [9.17, 15) is 13.2 Å². The molecule has 0 aromatic heterocycles. The third-order valence-electron chi connectivity index (χ3n) is 3.95. The molecule has 1 aliphatic heterocycles. The number of carbonyl (C=O) groups is 1. The number of sulfonamides is 1. The van der Waals surface area contributed by atoms with Crippen LogP contribution in [0.1, 0.15) is 19.3 Å². The Hall–Kier alpha value is -1.44. The second-order valence-corrected chi connectivity index (χ2v) is 7.93. The lowest BCUT2D eigenvalue weighted by Gasteiger charge is -2.32. The molecule has 1 aromatic rings. The molecule has 23 heavy (non-hydrogen) atoms. The number of piperidine rings is 1. The molecule has 1 fully saturated rings. The van der Waals surface area contributed by atoms with E-state index in [-0.39, 0.29) is 5.91 Å². The molecule has 2 rings (SSSR count). The van der Waals surface area contributed by atoms with Gasteiger partial charge in [-0.1, -0.05) is 18.2 Å². The molecular formula is C16H25N3O3S. The molecule has 7 heteroatoms. The summed E-state index contributed by atoms with van der Waals surface area (Å²) in [5, 5.41) is 2.88. The van der Waals surface area contributed by atoms with Gasteiger partial charge in [0.15, 0.2) is 0 Å². The first kappa shape index (κ1) is 17.9. The number of hydrogen-bond donors (Lipinski definition) is 2. The van der Waals surface area contributed by atoms with Crippen LogP contribution >= 0.6 is 0 Å². The Morgan fingerprint density at radius 1 is 1.30 bits per heavy atom. The molecule has 0 bridgehead atoms. The van der Waals surface area contributed by atoms with Crippen molar-refractivity contribution in [3.8, 4) is 0 Å². The van der Waals surface area contributed by atoms with Crippen molar-refractivity contribution in [2.75, 3.05) is 37.8 Å². The fraction of sp³-hybridized carbons (Fsp3) is 0.562. The first-order valence-electron chi connectivity index (χ1n) is 7.94. The van der Waals surface area contributed by atoms with Crippen LogP contribution in [0.25, 0.3) is 0 Å². The van der Waals surface area contributed by atoms with Crippen molar-refractivity contribution in [3.05, 3.63) is 30.3 Å². The van der Waals surface area contributed by atoms with Crippen LogP contribution in [0.15, 0.2) is 30.3 Å². The van der Waals surface area contributed by atoms with E-state index in [1.54, 1.807) is 0 Å². The summed E-state index contributed by atoms with van der Waals surface area (Å²) in [6.45, 7) is 2.98. The van der Waals surface area contributed by atoms with Crippen molar-refractivity contribution in [2.24, 2.45) is 5.92 Å². The predicted molar refractivity (Wildman–Crippen MR) is 91.7 cm³/mol. The van der Waals surface area contributed by atoms with Crippen molar-refractivity contribution in [2.45, 2.75) is 19.3 Å². The van der Waals surface area contributed by atoms with Gasteiger partial charge in [0.25, 0.3) is 0 Å². The van der Waals surface area contributed by atoms with Gasteiger partial charge in [-0.05, 0) is 37.4 Å². The third-order valence-corrected chi connectivity index (χ3v) is 4.64. The van der Waals surface area contributed by atoms with Gasteiger partial charge in [-0.15, -0.1) is 0 Å². The van der Waals surface area contributed by atoms with Crippen molar-refractivity contribution < 1.29 is 13.2 Å². The zero-order chi connectivity index (χ0) is 16.7. The molecule has 0 aliphatic carbocycles. The summed E-state index contributed by atoms with van der Waals surface area (Å²) in [5.74, 6) is 0.322. The van der Waals surface area contributed by atoms with E-state index >= 15 is 0 Å². The smallest absolute Gasteiger partial charge is 0.225 e. The van der Waals surface area contributed by atoms with Gasteiger partial charge in [0.05, 0.1) is 6.26 Å². The third kappa shape index (κ3) is 7.11. The standard InChI is InChI=1S/C16H25N3O3S/c1-23(21,22)17-12-14-6-5-10-19(13-14)11-9-16(20)18-15-7-3-2-4-8-15/h2-4,7-8,14,17H,5-6,9-13H2,1H3,(H,18,20)/t14-/m0/s1. The summed E-state index contributed by atoms with van der Waals surface area (Å²) >= 11 is 0. The maximum atomic E-state index is 12.0. The topological polar surface area (TPSA) is 78.5 Å². The molecule has 1 heterocycles. The molecule has 1 aliphatic rings. The number of para-hydroxylation sites is 1. The zero-order valence-corrected chi connectivity index (χ0v) is 14.3. The summed E-state index contributed by atoms with van der Waals surface area (Å²) in [6, 6.07) is 9.42. The van der Waals surface area contributed by atoms with Crippen LogP contribution in [-0.4, -0.2) is 51.7 Å². The van der Waals surface area contributed by atoms with Crippen LogP contribution in [0.3, 0.4) is 0 Å². The van der Waals surface area contributed by atoms with Crippen LogP contribution in [0, 0.1) is 5.92 Å². The van der Waals surface area contributed by atoms with E-state index in [4.69, 9.17) is 0 Å². The Bertz CT molecular complexity index is 604. The Morgan fingerprint density at radius 2 is 2.04 bits per heavy atom. The predicted octanol–water partition coefficient (Wildman–Crippen LogP) is 1.28. The van der Waals surface area contributed by atoms with Crippen LogP contribution in [0.4, 0.5) is 5.69 Å². The highest BCUT2D eigenvalue weighted by Crippen LogP contribution is 2.16. The minimum atomic E-state index is -3.13. The molecule has 0 unspecified atom stereocenters. The summed E-state index contributed by atoms with van der Waals surface area (Å²) < 4.78 is 24.9. The van der Waals surface area contributed by atoms with Gasteiger partial charge < -0.3 is 10.2 Å². The number of amides is 1. The SMILES string of the molecule is CS(=O)(=O)NC[C@@H]1CCCN(CCC(=O)Nc2ccccc2)C1. The van der Waals surface area contributed by atoms with E-state index in [1.807, 2.05) is 30.3 Å². The molecule has 1 aromatic carbocycles. The van der Waals surface area contributed by atoms with Gasteiger partial charge in [0.2, 0.25) is 15.9 Å². The second-order valence-electron chi connectivity index (χ2n) is 6.09. The lowest BCUT2D eigenvalue weighted by Crippen LogP contribution is -2.41. The summed E-state index contributed by atoms with van der Waals surface area (Å²) in [7, 11) is -3.13. The number of benzene rings is 1. The number of anilines is 1. The number of likely N-dealkylation sites (tertiary alicyclic amines) is 1. The average Bonchev–Trinajstić information content (AvgIpc) is 2.52. The van der Waals surface area contributed by atoms with Gasteiger partial charge in [-0.3, -0.25) is 4.79 Å². The summed E-state index contributed by atoms with van der Waals surface area (Å²) in [6.07, 6.45) is 3.69. The highest BCUT2D eigenvalue weighted by Gasteiger charge is 2.21. The fourth-order valence-corrected chi connectivity index (χ4v) is 3.33. The molecule has 6 nitrogen and oxygen atoms in total. The van der Waals surface area contributed by atoms with Crippen LogP contribution < -0.4 is 10.0 Å². The first-order chi connectivity index (χ1) is 10.9. The van der Waals surface area contributed by atoms with Crippen molar-refractivity contribution >= 4 is 21.6 Å². The largest absolute Gasteiger partial charge is 0.326 e. The molecular weight excluding hydrogens is 314 g/mol. The molecule has 2 N–H and O–H groups in total. The van der Waals surface area contributed by atoms with Gasteiger partial charge in [0.1, 0.15) is 0 Å². The monoisotopic (exact) mass is 339 g/mol. The lowest BCUT2D eigenvalue weighted by atomic mass is 9.98. The van der Waals surface area contributed by atoms with Crippen molar-refractivity contribution in [3.63, 3.8) is 0 Å². The number of hydrogen-bond acceptors (Lipinski definition) is 4.